The predicted octanol–water partition coefficient (Wildman–Crippen LogP) is 3.04. The van der Waals surface area contributed by atoms with Crippen LogP contribution in [0.15, 0.2) is 30.5 Å². The molecular weight excluding hydrogens is 509 g/mol. The van der Waals surface area contributed by atoms with Crippen LogP contribution in [-0.2, 0) is 26.2 Å². The van der Waals surface area contributed by atoms with Gasteiger partial charge in [0.25, 0.3) is 0 Å². The van der Waals surface area contributed by atoms with Crippen LogP contribution in [0.3, 0.4) is 0 Å². The molecule has 2 fully saturated rings. The summed E-state index contributed by atoms with van der Waals surface area (Å²) >= 11 is 0. The van der Waals surface area contributed by atoms with Crippen LogP contribution in [0.2, 0.25) is 0 Å². The first kappa shape index (κ1) is 28.6. The molecule has 0 aliphatic carbocycles. The average molecular weight is 552 g/mol. The highest BCUT2D eigenvalue weighted by Gasteiger charge is 2.41. The summed E-state index contributed by atoms with van der Waals surface area (Å²) in [5.41, 5.74) is 4.45. The number of rotatable bonds is 6. The molecule has 2 aromatic rings. The van der Waals surface area contributed by atoms with E-state index in [-0.39, 0.29) is 60.4 Å². The number of nitrogens with one attached hydrogen (secondary N) is 1. The lowest BCUT2D eigenvalue weighted by molar-refractivity contribution is -0.156. The van der Waals surface area contributed by atoms with Gasteiger partial charge in [-0.1, -0.05) is 19.9 Å². The Bertz CT molecular complexity index is 1280. The quantitative estimate of drug-likeness (QED) is 0.595. The van der Waals surface area contributed by atoms with Gasteiger partial charge in [0.1, 0.15) is 12.4 Å². The molecule has 4 atom stereocenters. The third kappa shape index (κ3) is 5.78. The Morgan fingerprint density at radius 3 is 2.75 bits per heavy atom. The molecule has 40 heavy (non-hydrogen) atoms. The van der Waals surface area contributed by atoms with E-state index >= 15 is 0 Å². The van der Waals surface area contributed by atoms with Gasteiger partial charge in [0, 0.05) is 49.9 Å². The second-order valence-electron chi connectivity index (χ2n) is 12.5. The van der Waals surface area contributed by atoms with Crippen molar-refractivity contribution >= 4 is 17.5 Å². The van der Waals surface area contributed by atoms with E-state index in [9.17, 15) is 14.0 Å². The number of aryl methyl sites for hydroxylation is 1. The van der Waals surface area contributed by atoms with Crippen LogP contribution in [0.25, 0.3) is 0 Å². The average Bonchev–Trinajstić information content (AvgIpc) is 3.17. The molecule has 1 aromatic heterocycles. The molecule has 0 spiro atoms. The molecule has 8 nitrogen and oxygen atoms in total. The minimum atomic E-state index is -0.267. The predicted molar refractivity (Wildman–Crippen MR) is 153 cm³/mol. The van der Waals surface area contributed by atoms with Gasteiger partial charge in [-0.15, -0.1) is 0 Å². The van der Waals surface area contributed by atoms with Crippen molar-refractivity contribution in [2.75, 3.05) is 44.2 Å². The number of benzene rings is 1. The summed E-state index contributed by atoms with van der Waals surface area (Å²) in [6.45, 7) is 15.3. The first-order chi connectivity index (χ1) is 18.9. The maximum absolute atomic E-state index is 13.9. The number of nitrogens with zero attached hydrogens (tertiary/aromatic N) is 4. The highest BCUT2D eigenvalue weighted by atomic mass is 19.1. The lowest BCUT2D eigenvalue weighted by Gasteiger charge is -2.45. The monoisotopic (exact) mass is 551 g/mol. The van der Waals surface area contributed by atoms with Gasteiger partial charge >= 0.3 is 0 Å². The van der Waals surface area contributed by atoms with E-state index in [1.165, 1.54) is 6.07 Å². The second-order valence-corrected chi connectivity index (χ2v) is 12.5. The fourth-order valence-corrected chi connectivity index (χ4v) is 6.24. The summed E-state index contributed by atoms with van der Waals surface area (Å²) in [4.78, 5) is 37.5. The number of fused-ring (bicyclic) bond motifs is 1. The van der Waals surface area contributed by atoms with Gasteiger partial charge < -0.3 is 19.9 Å². The second kappa shape index (κ2) is 11.2. The molecule has 3 aliphatic heterocycles. The fraction of sp³-hybridized carbons (Fsp3) is 0.581. The van der Waals surface area contributed by atoms with Gasteiger partial charge in [0.2, 0.25) is 11.8 Å². The Kier molecular flexibility index (Phi) is 8.01. The summed E-state index contributed by atoms with van der Waals surface area (Å²) in [7, 11) is 0. The number of morpholine rings is 1. The van der Waals surface area contributed by atoms with E-state index in [4.69, 9.17) is 9.72 Å². The highest BCUT2D eigenvalue weighted by Crippen LogP contribution is 2.40. The number of ether oxygens (including phenoxy) is 1. The number of amides is 2. The SMILES string of the molecule is Cc1cc(F)ccc1Cc1cnc2c(c1)N(C(=O)CN1C[C@@H](C)NC[C@@H]1CN1C(=O)CO[C@@H](C)[C@H]1C)CC2(C)C. The molecule has 4 heterocycles. The third-order valence-electron chi connectivity index (χ3n) is 8.84. The van der Waals surface area contributed by atoms with Crippen molar-refractivity contribution in [1.29, 1.82) is 0 Å². The van der Waals surface area contributed by atoms with Gasteiger partial charge in [-0.25, -0.2) is 4.39 Å². The van der Waals surface area contributed by atoms with Gasteiger partial charge in [-0.2, -0.15) is 0 Å². The minimum absolute atomic E-state index is 0.000661. The van der Waals surface area contributed by atoms with Crippen molar-refractivity contribution in [3.63, 3.8) is 0 Å². The maximum Gasteiger partial charge on any atom is 0.248 e. The number of hydrogen-bond donors (Lipinski definition) is 1. The van der Waals surface area contributed by atoms with Crippen molar-refractivity contribution in [2.45, 2.75) is 77.6 Å². The van der Waals surface area contributed by atoms with Crippen molar-refractivity contribution in [2.24, 2.45) is 0 Å². The first-order valence-corrected chi connectivity index (χ1v) is 14.4. The molecule has 0 bridgehead atoms. The van der Waals surface area contributed by atoms with Crippen molar-refractivity contribution < 1.29 is 18.7 Å². The molecule has 1 N–H and O–H groups in total. The Balaban J connectivity index is 1.35. The number of halogens is 1. The van der Waals surface area contributed by atoms with Crippen LogP contribution in [-0.4, -0.2) is 90.2 Å². The molecule has 2 saturated heterocycles. The van der Waals surface area contributed by atoms with Crippen LogP contribution < -0.4 is 10.2 Å². The zero-order valence-electron chi connectivity index (χ0n) is 24.5. The topological polar surface area (TPSA) is 78.0 Å². The van der Waals surface area contributed by atoms with Crippen LogP contribution in [0.5, 0.6) is 0 Å². The molecule has 9 heteroatoms. The van der Waals surface area contributed by atoms with Gasteiger partial charge in [-0.3, -0.25) is 19.5 Å². The molecule has 1 aromatic carbocycles. The summed E-state index contributed by atoms with van der Waals surface area (Å²) in [5, 5.41) is 3.53. The largest absolute Gasteiger partial charge is 0.367 e. The number of carbonyl (C=O) groups is 2. The van der Waals surface area contributed by atoms with Crippen LogP contribution in [0.4, 0.5) is 10.1 Å². The summed E-state index contributed by atoms with van der Waals surface area (Å²) in [6, 6.07) is 7.18. The molecule has 0 saturated carbocycles. The minimum Gasteiger partial charge on any atom is -0.367 e. The lowest BCUT2D eigenvalue weighted by Crippen LogP contribution is -2.63. The van der Waals surface area contributed by atoms with E-state index in [1.807, 2.05) is 42.8 Å². The highest BCUT2D eigenvalue weighted by molar-refractivity contribution is 5.97. The first-order valence-electron chi connectivity index (χ1n) is 14.4. The summed E-state index contributed by atoms with van der Waals surface area (Å²) < 4.78 is 19.2. The van der Waals surface area contributed by atoms with E-state index in [1.54, 1.807) is 6.07 Å². The number of anilines is 1. The molecular formula is C31H42FN5O3. The Morgan fingerprint density at radius 2 is 2.00 bits per heavy atom. The number of piperazine rings is 1. The molecule has 216 valence electrons. The van der Waals surface area contributed by atoms with Crippen molar-refractivity contribution in [3.05, 3.63) is 58.7 Å². The van der Waals surface area contributed by atoms with Crippen LogP contribution in [0, 0.1) is 12.7 Å². The van der Waals surface area contributed by atoms with Gasteiger partial charge in [-0.05, 0) is 69.0 Å². The van der Waals surface area contributed by atoms with Gasteiger partial charge in [0.05, 0.1) is 30.1 Å². The zero-order valence-corrected chi connectivity index (χ0v) is 24.5. The molecule has 0 unspecified atom stereocenters. The maximum atomic E-state index is 13.9. The summed E-state index contributed by atoms with van der Waals surface area (Å²) in [5.74, 6) is -0.201. The van der Waals surface area contributed by atoms with E-state index in [0.717, 1.165) is 34.6 Å². The van der Waals surface area contributed by atoms with Crippen molar-refractivity contribution in [1.82, 2.24) is 20.1 Å². The number of hydrogen-bond acceptors (Lipinski definition) is 6. The van der Waals surface area contributed by atoms with Gasteiger partial charge in [0.15, 0.2) is 0 Å². The smallest absolute Gasteiger partial charge is 0.248 e. The molecule has 2 amide bonds. The molecule has 3 aliphatic rings. The summed E-state index contributed by atoms with van der Waals surface area (Å²) in [6.07, 6.45) is 2.48. The number of carbonyl (C=O) groups excluding carboxylic acids is 2. The number of pyridine rings is 1. The molecule has 0 radical (unpaired) electrons. The molecule has 5 rings (SSSR count). The third-order valence-corrected chi connectivity index (χ3v) is 8.84. The lowest BCUT2D eigenvalue weighted by atomic mass is 9.91. The van der Waals surface area contributed by atoms with E-state index < -0.39 is 0 Å². The van der Waals surface area contributed by atoms with E-state index in [2.05, 4.69) is 37.1 Å². The van der Waals surface area contributed by atoms with Crippen LogP contribution in [0.1, 0.15) is 57.0 Å². The van der Waals surface area contributed by atoms with E-state index in [0.29, 0.717) is 26.1 Å². The zero-order chi connectivity index (χ0) is 28.8. The van der Waals surface area contributed by atoms with Crippen molar-refractivity contribution in [3.8, 4) is 0 Å². The van der Waals surface area contributed by atoms with Crippen LogP contribution >= 0.6 is 0 Å². The number of aromatic nitrogens is 1. The Labute approximate surface area is 236 Å². The standard InChI is InChI=1S/C31H42FN5O3/c1-19-9-25(32)8-7-24(19)10-23-11-27-30(34-12-23)31(5,6)18-37(27)28(38)16-35-14-20(2)33-13-26(35)15-36-21(3)22(4)40-17-29(36)39/h7-9,11-12,20-22,26,33H,10,13-18H2,1-6H3/t20-,21-,22+,26-/m1/s1. The normalized spacial score (nSPS) is 26.7. The Hall–Kier alpha value is -2.88. The Morgan fingerprint density at radius 1 is 1.23 bits per heavy atom. The fourth-order valence-electron chi connectivity index (χ4n) is 6.24.